The van der Waals surface area contributed by atoms with Crippen LogP contribution in [-0.2, 0) is 4.79 Å². The first-order valence-electron chi connectivity index (χ1n) is 6.29. The number of aldehydes is 1. The third-order valence-electron chi connectivity index (χ3n) is 3.76. The Kier molecular flexibility index (Phi) is 3.52. The molecule has 1 aliphatic heterocycles. The van der Waals surface area contributed by atoms with Gasteiger partial charge in [0.25, 0.3) is 0 Å². The number of rotatable bonds is 3. The third kappa shape index (κ3) is 2.09. The van der Waals surface area contributed by atoms with Crippen molar-refractivity contribution in [2.45, 2.75) is 26.3 Å². The van der Waals surface area contributed by atoms with E-state index in [4.69, 9.17) is 0 Å². The van der Waals surface area contributed by atoms with E-state index in [1.807, 2.05) is 0 Å². The second-order valence-electron chi connectivity index (χ2n) is 4.53. The number of likely N-dealkylation sites (N-methyl/N-ethyl adjacent to an activating group) is 2. The fourth-order valence-electron chi connectivity index (χ4n) is 2.73. The van der Waals surface area contributed by atoms with Crippen LogP contribution in [-0.4, -0.2) is 53.4 Å². The molecule has 1 heterocycles. The maximum absolute atomic E-state index is 10.9. The highest BCUT2D eigenvalue weighted by Gasteiger charge is 2.33. The Morgan fingerprint density at radius 3 is 2.76 bits per heavy atom. The zero-order valence-electron chi connectivity index (χ0n) is 10.5. The molecule has 1 N–H and O–H groups in total. The number of nitrogens with zero attached hydrogens (tertiary/aromatic N) is 2. The van der Waals surface area contributed by atoms with Crippen LogP contribution in [0.15, 0.2) is 23.1 Å². The Bertz CT molecular complexity index is 374. The molecular formula is C13H20N2O2. The predicted molar refractivity (Wildman–Crippen MR) is 66.7 cm³/mol. The first-order chi connectivity index (χ1) is 8.21. The topological polar surface area (TPSA) is 43.8 Å². The summed E-state index contributed by atoms with van der Waals surface area (Å²) in [5.41, 5.74) is 1.68. The molecular weight excluding hydrogens is 216 g/mol. The van der Waals surface area contributed by atoms with Crippen LogP contribution in [0.1, 0.15) is 20.3 Å². The van der Waals surface area contributed by atoms with E-state index in [0.29, 0.717) is 12.0 Å². The fourth-order valence-corrected chi connectivity index (χ4v) is 2.73. The second kappa shape index (κ2) is 4.92. The lowest BCUT2D eigenvalue weighted by Crippen LogP contribution is -2.52. The maximum atomic E-state index is 10.9. The number of hydrogen-bond donors (Lipinski definition) is 1. The molecule has 2 rings (SSSR count). The molecule has 4 nitrogen and oxygen atoms in total. The minimum Gasteiger partial charge on any atom is -0.507 e. The average molecular weight is 236 g/mol. The van der Waals surface area contributed by atoms with Gasteiger partial charge in [0, 0.05) is 43.4 Å². The van der Waals surface area contributed by atoms with Crippen LogP contribution in [0.25, 0.3) is 0 Å². The standard InChI is InChI=1S/C13H20N2O2/c1-3-14-5-6-15(4-2)12-8-13(17)10(9-16)7-11(12)14/h8-9,11,17H,3-7H2,1-2H3. The molecule has 0 radical (unpaired) electrons. The van der Waals surface area contributed by atoms with E-state index in [9.17, 15) is 9.90 Å². The van der Waals surface area contributed by atoms with Gasteiger partial charge in [-0.1, -0.05) is 6.92 Å². The van der Waals surface area contributed by atoms with Crippen molar-refractivity contribution in [1.82, 2.24) is 9.80 Å². The van der Waals surface area contributed by atoms with Crippen molar-refractivity contribution < 1.29 is 9.90 Å². The van der Waals surface area contributed by atoms with Gasteiger partial charge in [0.2, 0.25) is 0 Å². The molecule has 0 aromatic carbocycles. The molecule has 94 valence electrons. The molecule has 1 saturated heterocycles. The second-order valence-corrected chi connectivity index (χ2v) is 4.53. The molecule has 2 aliphatic rings. The van der Waals surface area contributed by atoms with Crippen LogP contribution in [0, 0.1) is 0 Å². The molecule has 4 heteroatoms. The Labute approximate surface area is 102 Å². The minimum atomic E-state index is 0.141. The van der Waals surface area contributed by atoms with Gasteiger partial charge in [0.05, 0.1) is 6.04 Å². The largest absolute Gasteiger partial charge is 0.507 e. The van der Waals surface area contributed by atoms with Gasteiger partial charge in [-0.05, 0) is 13.5 Å². The average Bonchev–Trinajstić information content (AvgIpc) is 2.36. The summed E-state index contributed by atoms with van der Waals surface area (Å²) in [6.45, 7) is 8.21. The predicted octanol–water partition coefficient (Wildman–Crippen LogP) is 1.31. The molecule has 0 amide bonds. The molecule has 1 unspecified atom stereocenters. The molecule has 0 spiro atoms. The summed E-state index contributed by atoms with van der Waals surface area (Å²) >= 11 is 0. The van der Waals surface area contributed by atoms with E-state index in [-0.39, 0.29) is 11.8 Å². The van der Waals surface area contributed by atoms with Crippen molar-refractivity contribution in [2.75, 3.05) is 26.2 Å². The van der Waals surface area contributed by atoms with Crippen LogP contribution >= 0.6 is 0 Å². The van der Waals surface area contributed by atoms with E-state index < -0.39 is 0 Å². The molecule has 0 saturated carbocycles. The number of allylic oxidation sites excluding steroid dienone is 1. The summed E-state index contributed by atoms with van der Waals surface area (Å²) in [5, 5.41) is 9.81. The number of fused-ring (bicyclic) bond motifs is 1. The molecule has 1 atom stereocenters. The smallest absolute Gasteiger partial charge is 0.149 e. The number of piperazine rings is 1. The zero-order chi connectivity index (χ0) is 12.4. The molecule has 1 fully saturated rings. The van der Waals surface area contributed by atoms with Crippen molar-refractivity contribution >= 4 is 6.29 Å². The van der Waals surface area contributed by atoms with E-state index in [0.717, 1.165) is 38.2 Å². The zero-order valence-corrected chi connectivity index (χ0v) is 10.5. The summed E-state index contributed by atoms with van der Waals surface area (Å²) in [6.07, 6.45) is 3.18. The molecule has 0 aromatic rings. The summed E-state index contributed by atoms with van der Waals surface area (Å²) in [6, 6.07) is 0.254. The Morgan fingerprint density at radius 2 is 2.18 bits per heavy atom. The molecule has 0 aromatic heterocycles. The van der Waals surface area contributed by atoms with Crippen molar-refractivity contribution in [3.63, 3.8) is 0 Å². The summed E-state index contributed by atoms with van der Waals surface area (Å²) in [4.78, 5) is 15.6. The van der Waals surface area contributed by atoms with Gasteiger partial charge < -0.3 is 10.0 Å². The molecule has 17 heavy (non-hydrogen) atoms. The fraction of sp³-hybridized carbons (Fsp3) is 0.615. The SMILES string of the molecule is CCN1CCN(CC)C2CC(C=O)=C(O)C=C21. The van der Waals surface area contributed by atoms with Gasteiger partial charge >= 0.3 is 0 Å². The molecule has 1 aliphatic carbocycles. The van der Waals surface area contributed by atoms with E-state index in [2.05, 4.69) is 23.6 Å². The number of aliphatic hydroxyl groups is 1. The first kappa shape index (κ1) is 12.2. The number of hydrogen-bond acceptors (Lipinski definition) is 4. The number of aliphatic hydroxyl groups excluding tert-OH is 1. The van der Waals surface area contributed by atoms with Crippen LogP contribution < -0.4 is 0 Å². The van der Waals surface area contributed by atoms with Crippen LogP contribution in [0.4, 0.5) is 0 Å². The van der Waals surface area contributed by atoms with Crippen LogP contribution in [0.3, 0.4) is 0 Å². The summed E-state index contributed by atoms with van der Waals surface area (Å²) < 4.78 is 0. The van der Waals surface area contributed by atoms with Crippen molar-refractivity contribution in [3.8, 4) is 0 Å². The summed E-state index contributed by atoms with van der Waals surface area (Å²) in [7, 11) is 0. The van der Waals surface area contributed by atoms with Crippen molar-refractivity contribution in [3.05, 3.63) is 23.1 Å². The monoisotopic (exact) mass is 236 g/mol. The summed E-state index contributed by atoms with van der Waals surface area (Å²) in [5.74, 6) is 0.141. The normalized spacial score (nSPS) is 25.6. The minimum absolute atomic E-state index is 0.141. The van der Waals surface area contributed by atoms with E-state index in [1.54, 1.807) is 6.08 Å². The van der Waals surface area contributed by atoms with E-state index in [1.165, 1.54) is 0 Å². The van der Waals surface area contributed by atoms with Crippen molar-refractivity contribution in [1.29, 1.82) is 0 Å². The van der Waals surface area contributed by atoms with Gasteiger partial charge in [-0.15, -0.1) is 0 Å². The lowest BCUT2D eigenvalue weighted by atomic mass is 9.93. The Hall–Kier alpha value is -1.29. The maximum Gasteiger partial charge on any atom is 0.149 e. The first-order valence-corrected chi connectivity index (χ1v) is 6.29. The lowest BCUT2D eigenvalue weighted by molar-refractivity contribution is -0.105. The van der Waals surface area contributed by atoms with Crippen molar-refractivity contribution in [2.24, 2.45) is 0 Å². The highest BCUT2D eigenvalue weighted by atomic mass is 16.3. The highest BCUT2D eigenvalue weighted by Crippen LogP contribution is 2.31. The van der Waals surface area contributed by atoms with Gasteiger partial charge in [-0.2, -0.15) is 0 Å². The Morgan fingerprint density at radius 1 is 1.41 bits per heavy atom. The van der Waals surface area contributed by atoms with Crippen LogP contribution in [0.2, 0.25) is 0 Å². The highest BCUT2D eigenvalue weighted by molar-refractivity contribution is 5.76. The van der Waals surface area contributed by atoms with E-state index >= 15 is 0 Å². The molecule has 0 bridgehead atoms. The van der Waals surface area contributed by atoms with Gasteiger partial charge in [-0.25, -0.2) is 0 Å². The quantitative estimate of drug-likeness (QED) is 0.750. The lowest BCUT2D eigenvalue weighted by Gasteiger charge is -2.45. The third-order valence-corrected chi connectivity index (χ3v) is 3.76. The van der Waals surface area contributed by atoms with Gasteiger partial charge in [0.1, 0.15) is 12.0 Å². The number of carbonyl (C=O) groups excluding carboxylic acids is 1. The Balaban J connectivity index is 2.33. The van der Waals surface area contributed by atoms with Gasteiger partial charge in [-0.3, -0.25) is 9.69 Å². The number of carbonyl (C=O) groups is 1. The van der Waals surface area contributed by atoms with Gasteiger partial charge in [0.15, 0.2) is 0 Å². The van der Waals surface area contributed by atoms with Crippen LogP contribution in [0.5, 0.6) is 0 Å².